The van der Waals surface area contributed by atoms with Gasteiger partial charge in [-0.15, -0.1) is 0 Å². The number of rotatable bonds is 19. The number of hydrogen-bond acceptors (Lipinski definition) is 5. The monoisotopic (exact) mass is 488 g/mol. The molecule has 0 amide bonds. The maximum atomic E-state index is 11.2. The molecule has 1 rings (SSSR count). The van der Waals surface area contributed by atoms with Crippen molar-refractivity contribution in [1.29, 1.82) is 0 Å². The predicted octanol–water partition coefficient (Wildman–Crippen LogP) is 7.07. The Labute approximate surface area is 200 Å². The van der Waals surface area contributed by atoms with Gasteiger partial charge in [0.1, 0.15) is 0 Å². The second kappa shape index (κ2) is 14.9. The van der Waals surface area contributed by atoms with Crippen molar-refractivity contribution >= 4 is 22.6 Å². The van der Waals surface area contributed by atoms with Gasteiger partial charge < -0.3 is 18.3 Å². The van der Waals surface area contributed by atoms with Crippen molar-refractivity contribution in [3.63, 3.8) is 0 Å². The van der Waals surface area contributed by atoms with Crippen LogP contribution in [0.4, 0.5) is 0 Å². The second-order valence-corrected chi connectivity index (χ2v) is 20.3. The summed E-state index contributed by atoms with van der Waals surface area (Å²) in [6.07, 6.45) is 14.1. The Kier molecular flexibility index (Phi) is 13.9. The molecule has 0 aromatic heterocycles. The molecule has 1 heterocycles. The van der Waals surface area contributed by atoms with E-state index in [9.17, 15) is 4.79 Å². The van der Waals surface area contributed by atoms with E-state index in [1.54, 1.807) is 0 Å². The molecule has 0 aliphatic carbocycles. The number of hydrogen-bond donors (Lipinski definition) is 0. The van der Waals surface area contributed by atoms with E-state index in [1.165, 1.54) is 39.2 Å². The molecular formula is C25H52O5Si2. The van der Waals surface area contributed by atoms with Crippen molar-refractivity contribution in [3.05, 3.63) is 0 Å². The number of methoxy groups -OCH3 is 1. The molecule has 4 unspecified atom stereocenters. The van der Waals surface area contributed by atoms with Gasteiger partial charge in [0.15, 0.2) is 16.6 Å². The van der Waals surface area contributed by atoms with Crippen LogP contribution in [0, 0.1) is 0 Å². The van der Waals surface area contributed by atoms with E-state index in [0.717, 1.165) is 38.5 Å². The van der Waals surface area contributed by atoms with Gasteiger partial charge in [-0.3, -0.25) is 4.79 Å². The number of ether oxygens (including phenoxy) is 2. The first-order chi connectivity index (χ1) is 14.9. The number of esters is 1. The molecule has 7 heteroatoms. The van der Waals surface area contributed by atoms with Crippen LogP contribution in [-0.2, 0) is 23.1 Å². The molecule has 1 aliphatic rings. The fourth-order valence-electron chi connectivity index (χ4n) is 4.22. The lowest BCUT2D eigenvalue weighted by atomic mass is 9.99. The van der Waals surface area contributed by atoms with Crippen LogP contribution in [0.2, 0.25) is 39.3 Å². The average molecular weight is 489 g/mol. The van der Waals surface area contributed by atoms with Crippen molar-refractivity contribution in [2.45, 2.75) is 148 Å². The summed E-state index contributed by atoms with van der Waals surface area (Å²) in [6.45, 7) is 15.9. The van der Waals surface area contributed by atoms with Crippen molar-refractivity contribution < 1.29 is 23.1 Å². The third-order valence-corrected chi connectivity index (χ3v) is 7.79. The summed E-state index contributed by atoms with van der Waals surface area (Å²) in [4.78, 5) is 11.2. The quantitative estimate of drug-likeness (QED) is 0.0842. The molecule has 0 saturated carbocycles. The molecule has 1 saturated heterocycles. The zero-order chi connectivity index (χ0) is 24.2. The van der Waals surface area contributed by atoms with E-state index < -0.39 is 16.6 Å². The Morgan fingerprint density at radius 3 is 2.00 bits per heavy atom. The maximum absolute atomic E-state index is 11.2. The van der Waals surface area contributed by atoms with Gasteiger partial charge in [0.2, 0.25) is 0 Å². The Morgan fingerprint density at radius 1 is 0.812 bits per heavy atom. The summed E-state index contributed by atoms with van der Waals surface area (Å²) in [6, 6.07) is 0. The molecule has 32 heavy (non-hydrogen) atoms. The molecule has 0 bridgehead atoms. The Morgan fingerprint density at radius 2 is 1.41 bits per heavy atom. The second-order valence-electron chi connectivity index (χ2n) is 11.4. The van der Waals surface area contributed by atoms with Gasteiger partial charge >= 0.3 is 5.97 Å². The minimum absolute atomic E-state index is 0.102. The van der Waals surface area contributed by atoms with Crippen molar-refractivity contribution in [1.82, 2.24) is 0 Å². The maximum Gasteiger partial charge on any atom is 0.305 e. The van der Waals surface area contributed by atoms with Crippen LogP contribution in [0.3, 0.4) is 0 Å². The number of carbonyl (C=O) groups is 1. The van der Waals surface area contributed by atoms with Crippen molar-refractivity contribution in [2.24, 2.45) is 0 Å². The van der Waals surface area contributed by atoms with E-state index in [0.29, 0.717) is 18.6 Å². The first-order valence-electron chi connectivity index (χ1n) is 13.0. The largest absolute Gasteiger partial charge is 0.469 e. The molecule has 4 atom stereocenters. The summed E-state index contributed by atoms with van der Waals surface area (Å²) in [5, 5.41) is 0. The van der Waals surface area contributed by atoms with Gasteiger partial charge in [0, 0.05) is 12.8 Å². The van der Waals surface area contributed by atoms with E-state index in [2.05, 4.69) is 46.2 Å². The van der Waals surface area contributed by atoms with Crippen LogP contribution in [0.5, 0.6) is 0 Å². The third-order valence-electron chi connectivity index (χ3n) is 5.77. The standard InChI is InChI=1S/C25H52O5Si2/c1-9-10-14-17-21-23(28-21)20-24(30-32(6,7)8)22(29-31(3,4)5)18-15-12-11-13-16-19-25(26)27-2/h21-24H,9-20H2,1-8H3. The van der Waals surface area contributed by atoms with Crippen LogP contribution < -0.4 is 0 Å². The molecule has 0 N–H and O–H groups in total. The Hall–Kier alpha value is -0.216. The molecule has 0 aromatic carbocycles. The van der Waals surface area contributed by atoms with Crippen molar-refractivity contribution in [3.8, 4) is 0 Å². The third kappa shape index (κ3) is 14.8. The molecular weight excluding hydrogens is 436 g/mol. The van der Waals surface area contributed by atoms with E-state index >= 15 is 0 Å². The lowest BCUT2D eigenvalue weighted by Crippen LogP contribution is -2.45. The zero-order valence-electron chi connectivity index (χ0n) is 22.3. The molecule has 190 valence electrons. The number of carbonyl (C=O) groups excluding carboxylic acids is 1. The van der Waals surface area contributed by atoms with Crippen LogP contribution in [0.25, 0.3) is 0 Å². The smallest absolute Gasteiger partial charge is 0.305 e. The summed E-state index contributed by atoms with van der Waals surface area (Å²) < 4.78 is 24.2. The first-order valence-corrected chi connectivity index (χ1v) is 19.8. The van der Waals surface area contributed by atoms with Crippen LogP contribution in [0.15, 0.2) is 0 Å². The highest BCUT2D eigenvalue weighted by Gasteiger charge is 2.43. The lowest BCUT2D eigenvalue weighted by molar-refractivity contribution is -0.140. The topological polar surface area (TPSA) is 57.3 Å². The Bertz CT molecular complexity index is 515. The number of unbranched alkanes of at least 4 members (excludes halogenated alkanes) is 6. The van der Waals surface area contributed by atoms with Gasteiger partial charge in [-0.25, -0.2) is 0 Å². The van der Waals surface area contributed by atoms with Gasteiger partial charge in [-0.05, 0) is 58.5 Å². The van der Waals surface area contributed by atoms with E-state index in [1.807, 2.05) is 0 Å². The van der Waals surface area contributed by atoms with Gasteiger partial charge in [-0.2, -0.15) is 0 Å². The first kappa shape index (κ1) is 29.8. The summed E-state index contributed by atoms with van der Waals surface area (Å²) in [5.74, 6) is -0.102. The average Bonchev–Trinajstić information content (AvgIpc) is 3.41. The van der Waals surface area contributed by atoms with E-state index in [-0.39, 0.29) is 18.2 Å². The van der Waals surface area contributed by atoms with Gasteiger partial charge in [0.25, 0.3) is 0 Å². The molecule has 5 nitrogen and oxygen atoms in total. The van der Waals surface area contributed by atoms with Crippen LogP contribution >= 0.6 is 0 Å². The number of epoxide rings is 1. The fourth-order valence-corrected chi connectivity index (χ4v) is 6.55. The highest BCUT2D eigenvalue weighted by molar-refractivity contribution is 6.70. The Balaban J connectivity index is 2.59. The highest BCUT2D eigenvalue weighted by Crippen LogP contribution is 2.35. The van der Waals surface area contributed by atoms with Crippen molar-refractivity contribution in [2.75, 3.05) is 7.11 Å². The lowest BCUT2D eigenvalue weighted by Gasteiger charge is -2.36. The molecule has 0 radical (unpaired) electrons. The summed E-state index contributed by atoms with van der Waals surface area (Å²) in [7, 11) is -1.92. The SMILES string of the molecule is CCCCCC1OC1CC(O[Si](C)(C)C)C(CCCCCCCC(=O)OC)O[Si](C)(C)C. The zero-order valence-corrected chi connectivity index (χ0v) is 24.3. The van der Waals surface area contributed by atoms with Crippen LogP contribution in [0.1, 0.15) is 84.0 Å². The summed E-state index contributed by atoms with van der Waals surface area (Å²) >= 11 is 0. The van der Waals surface area contributed by atoms with E-state index in [4.69, 9.17) is 18.3 Å². The minimum atomic E-state index is -1.69. The van der Waals surface area contributed by atoms with Gasteiger partial charge in [0.05, 0.1) is 31.5 Å². The minimum Gasteiger partial charge on any atom is -0.469 e. The highest BCUT2D eigenvalue weighted by atomic mass is 28.4. The molecule has 0 aromatic rings. The molecule has 1 fully saturated rings. The fraction of sp³-hybridized carbons (Fsp3) is 0.960. The van der Waals surface area contributed by atoms with Crippen LogP contribution in [-0.4, -0.2) is 54.1 Å². The molecule has 0 spiro atoms. The predicted molar refractivity (Wildman–Crippen MR) is 138 cm³/mol. The summed E-state index contributed by atoms with van der Waals surface area (Å²) in [5.41, 5.74) is 0. The normalized spacial score (nSPS) is 20.8. The molecule has 1 aliphatic heterocycles. The van der Waals surface area contributed by atoms with Gasteiger partial charge in [-0.1, -0.05) is 51.9 Å².